The minimum absolute atomic E-state index is 0.340. The number of para-hydroxylation sites is 2. The van der Waals surface area contributed by atoms with Crippen LogP contribution in [0.4, 0.5) is 13.2 Å². The van der Waals surface area contributed by atoms with E-state index in [1.165, 1.54) is 0 Å². The lowest BCUT2D eigenvalue weighted by atomic mass is 10.1. The van der Waals surface area contributed by atoms with Crippen molar-refractivity contribution in [3.05, 3.63) is 24.3 Å². The van der Waals surface area contributed by atoms with Crippen molar-refractivity contribution in [3.8, 4) is 11.5 Å². The van der Waals surface area contributed by atoms with Crippen molar-refractivity contribution in [3.63, 3.8) is 0 Å². The average Bonchev–Trinajstić information content (AvgIpc) is 2.42. The molecule has 0 fully saturated rings. The number of aliphatic hydroxyl groups is 1. The number of nitrogens with one attached hydrogen (secondary N) is 1. The first-order valence-corrected chi connectivity index (χ1v) is 6.24. The third-order valence-corrected chi connectivity index (χ3v) is 2.95. The highest BCUT2D eigenvalue weighted by Crippen LogP contribution is 2.33. The van der Waals surface area contributed by atoms with Crippen LogP contribution in [0.1, 0.15) is 6.92 Å². The first-order chi connectivity index (χ1) is 9.79. The molecule has 0 saturated carbocycles. The highest BCUT2D eigenvalue weighted by atomic mass is 19.4. The Labute approximate surface area is 118 Å². The first-order valence-electron chi connectivity index (χ1n) is 6.24. The molecule has 3 atom stereocenters. The molecule has 0 spiro atoms. The van der Waals surface area contributed by atoms with Crippen LogP contribution in [0.2, 0.25) is 0 Å². The van der Waals surface area contributed by atoms with Crippen LogP contribution in [-0.4, -0.2) is 42.0 Å². The molecule has 2 N–H and O–H groups in total. The molecule has 0 aliphatic carbocycles. The number of amides is 1. The Kier molecular flexibility index (Phi) is 4.26. The highest BCUT2D eigenvalue weighted by molar-refractivity contribution is 5.82. The van der Waals surface area contributed by atoms with Crippen LogP contribution in [0.5, 0.6) is 11.5 Å². The van der Waals surface area contributed by atoms with Gasteiger partial charge in [0.2, 0.25) is 6.10 Å². The quantitative estimate of drug-likeness (QED) is 0.882. The summed E-state index contributed by atoms with van der Waals surface area (Å²) < 4.78 is 47.4. The lowest BCUT2D eigenvalue weighted by Crippen LogP contribution is -2.51. The topological polar surface area (TPSA) is 67.8 Å². The molecule has 1 aromatic rings. The normalized spacial score (nSPS) is 22.5. The van der Waals surface area contributed by atoms with Crippen molar-refractivity contribution >= 4 is 5.91 Å². The van der Waals surface area contributed by atoms with Crippen LogP contribution in [-0.2, 0) is 4.79 Å². The molecular weight excluding hydrogens is 291 g/mol. The van der Waals surface area contributed by atoms with E-state index in [9.17, 15) is 18.0 Å². The number of hydrogen-bond acceptors (Lipinski definition) is 4. The molecule has 116 valence electrons. The summed E-state index contributed by atoms with van der Waals surface area (Å²) >= 11 is 0. The van der Waals surface area contributed by atoms with Crippen LogP contribution in [0, 0.1) is 0 Å². The van der Waals surface area contributed by atoms with Crippen molar-refractivity contribution in [2.75, 3.05) is 6.54 Å². The van der Waals surface area contributed by atoms with Crippen LogP contribution >= 0.6 is 0 Å². The zero-order valence-corrected chi connectivity index (χ0v) is 11.1. The lowest BCUT2D eigenvalue weighted by Gasteiger charge is -2.31. The molecular formula is C13H14F3NO4. The van der Waals surface area contributed by atoms with E-state index in [1.807, 2.05) is 5.32 Å². The second kappa shape index (κ2) is 5.80. The van der Waals surface area contributed by atoms with E-state index in [0.29, 0.717) is 11.5 Å². The number of fused-ring (bicyclic) bond motifs is 1. The third kappa shape index (κ3) is 3.57. The van der Waals surface area contributed by atoms with Gasteiger partial charge in [-0.05, 0) is 19.1 Å². The van der Waals surface area contributed by atoms with E-state index < -0.39 is 36.9 Å². The molecule has 1 aromatic carbocycles. The van der Waals surface area contributed by atoms with E-state index in [1.54, 1.807) is 31.2 Å². The summed E-state index contributed by atoms with van der Waals surface area (Å²) in [6.07, 6.45) is -9.15. The number of ether oxygens (including phenoxy) is 2. The maximum Gasteiger partial charge on any atom is 0.416 e. The van der Waals surface area contributed by atoms with Gasteiger partial charge in [-0.25, -0.2) is 0 Å². The Balaban J connectivity index is 1.97. The Morgan fingerprint density at radius 3 is 2.48 bits per heavy atom. The summed E-state index contributed by atoms with van der Waals surface area (Å²) in [7, 11) is 0. The number of alkyl halides is 3. The van der Waals surface area contributed by atoms with E-state index in [4.69, 9.17) is 14.6 Å². The van der Waals surface area contributed by atoms with Crippen molar-refractivity contribution in [2.45, 2.75) is 31.4 Å². The fraction of sp³-hybridized carbons (Fsp3) is 0.462. The number of hydrogen-bond donors (Lipinski definition) is 2. The second-order valence-corrected chi connectivity index (χ2v) is 4.61. The SMILES string of the molecule is CC1Oc2ccccc2OC1C(=O)NCC(O)C(F)(F)F. The molecule has 2 rings (SSSR count). The molecule has 1 aliphatic heterocycles. The summed E-state index contributed by atoms with van der Waals surface area (Å²) in [5, 5.41) is 10.9. The molecule has 5 nitrogen and oxygen atoms in total. The van der Waals surface area contributed by atoms with Crippen LogP contribution in [0.15, 0.2) is 24.3 Å². The van der Waals surface area contributed by atoms with E-state index in [0.717, 1.165) is 0 Å². The number of halogens is 3. The molecule has 0 saturated heterocycles. The summed E-state index contributed by atoms with van der Waals surface area (Å²) in [5.74, 6) is 0.0248. The molecule has 21 heavy (non-hydrogen) atoms. The van der Waals surface area contributed by atoms with Gasteiger partial charge in [-0.2, -0.15) is 13.2 Å². The highest BCUT2D eigenvalue weighted by Gasteiger charge is 2.40. The van der Waals surface area contributed by atoms with Crippen molar-refractivity contribution in [2.24, 2.45) is 0 Å². The fourth-order valence-electron chi connectivity index (χ4n) is 1.82. The zero-order valence-electron chi connectivity index (χ0n) is 11.1. The minimum Gasteiger partial charge on any atom is -0.482 e. The average molecular weight is 305 g/mol. The summed E-state index contributed by atoms with van der Waals surface area (Å²) in [5.41, 5.74) is 0. The van der Waals surface area contributed by atoms with Gasteiger partial charge in [-0.3, -0.25) is 4.79 Å². The van der Waals surface area contributed by atoms with Crippen molar-refractivity contribution in [1.29, 1.82) is 0 Å². The summed E-state index contributed by atoms with van der Waals surface area (Å²) in [6, 6.07) is 6.66. The number of benzene rings is 1. The standard InChI is InChI=1S/C13H14F3NO4/c1-7-11(12(19)17-6-10(18)13(14,15)16)21-9-5-3-2-4-8(9)20-7/h2-5,7,10-11,18H,6H2,1H3,(H,17,19). The molecule has 0 radical (unpaired) electrons. The van der Waals surface area contributed by atoms with Crippen LogP contribution in [0.3, 0.4) is 0 Å². The van der Waals surface area contributed by atoms with Gasteiger partial charge < -0.3 is 19.9 Å². The molecule has 8 heteroatoms. The molecule has 0 bridgehead atoms. The van der Waals surface area contributed by atoms with Crippen LogP contribution in [0.25, 0.3) is 0 Å². The number of carbonyl (C=O) groups is 1. The Hall–Kier alpha value is -1.96. The predicted octanol–water partition coefficient (Wildman–Crippen LogP) is 1.25. The maximum atomic E-state index is 12.2. The van der Waals surface area contributed by atoms with Crippen LogP contribution < -0.4 is 14.8 Å². The van der Waals surface area contributed by atoms with Crippen molar-refractivity contribution < 1.29 is 32.5 Å². The molecule has 3 unspecified atom stereocenters. The molecule has 1 amide bonds. The lowest BCUT2D eigenvalue weighted by molar-refractivity contribution is -0.202. The van der Waals surface area contributed by atoms with Gasteiger partial charge in [0, 0.05) is 0 Å². The predicted molar refractivity (Wildman–Crippen MR) is 66.0 cm³/mol. The van der Waals surface area contributed by atoms with Gasteiger partial charge in [0.1, 0.15) is 6.10 Å². The monoisotopic (exact) mass is 305 g/mol. The largest absolute Gasteiger partial charge is 0.482 e. The minimum atomic E-state index is -4.78. The fourth-order valence-corrected chi connectivity index (χ4v) is 1.82. The van der Waals surface area contributed by atoms with Gasteiger partial charge in [0.25, 0.3) is 5.91 Å². The second-order valence-electron chi connectivity index (χ2n) is 4.61. The molecule has 0 aromatic heterocycles. The van der Waals surface area contributed by atoms with Gasteiger partial charge in [-0.1, -0.05) is 12.1 Å². The number of aliphatic hydroxyl groups excluding tert-OH is 1. The smallest absolute Gasteiger partial charge is 0.416 e. The number of carbonyl (C=O) groups excluding carboxylic acids is 1. The van der Waals surface area contributed by atoms with E-state index in [-0.39, 0.29) is 0 Å². The molecule has 1 heterocycles. The van der Waals surface area contributed by atoms with Gasteiger partial charge in [0.15, 0.2) is 17.6 Å². The Morgan fingerprint density at radius 2 is 1.90 bits per heavy atom. The third-order valence-electron chi connectivity index (χ3n) is 2.95. The van der Waals surface area contributed by atoms with Gasteiger partial charge >= 0.3 is 6.18 Å². The van der Waals surface area contributed by atoms with E-state index >= 15 is 0 Å². The number of rotatable bonds is 3. The Morgan fingerprint density at radius 1 is 1.33 bits per heavy atom. The summed E-state index contributed by atoms with van der Waals surface area (Å²) in [6.45, 7) is 0.636. The van der Waals surface area contributed by atoms with E-state index in [2.05, 4.69) is 0 Å². The van der Waals surface area contributed by atoms with Gasteiger partial charge in [0.05, 0.1) is 6.54 Å². The maximum absolute atomic E-state index is 12.2. The zero-order chi connectivity index (χ0) is 15.6. The first kappa shape index (κ1) is 15.4. The Bertz CT molecular complexity index is 520. The van der Waals surface area contributed by atoms with Gasteiger partial charge in [-0.15, -0.1) is 0 Å². The summed E-state index contributed by atoms with van der Waals surface area (Å²) in [4.78, 5) is 11.9. The molecule has 1 aliphatic rings. The van der Waals surface area contributed by atoms with Crippen molar-refractivity contribution in [1.82, 2.24) is 5.32 Å².